The van der Waals surface area contributed by atoms with Crippen LogP contribution in [-0.2, 0) is 6.42 Å². The van der Waals surface area contributed by atoms with Gasteiger partial charge in [-0.3, -0.25) is 9.97 Å². The van der Waals surface area contributed by atoms with Crippen LogP contribution < -0.4 is 5.32 Å². The lowest BCUT2D eigenvalue weighted by Gasteiger charge is -2.14. The van der Waals surface area contributed by atoms with Gasteiger partial charge in [0.25, 0.3) is 0 Å². The van der Waals surface area contributed by atoms with Crippen molar-refractivity contribution in [3.63, 3.8) is 0 Å². The fraction of sp³-hybridized carbons (Fsp3) is 0.273. The van der Waals surface area contributed by atoms with Crippen molar-refractivity contribution >= 4 is 27.3 Å². The first kappa shape index (κ1) is 11.7. The SMILES string of the molecule is CNC(Cc1cncs1)c1ccc(Br)cn1. The maximum Gasteiger partial charge on any atom is 0.0794 e. The van der Waals surface area contributed by atoms with Crippen molar-refractivity contribution in [2.75, 3.05) is 7.05 Å². The van der Waals surface area contributed by atoms with E-state index in [2.05, 4.69) is 31.2 Å². The smallest absolute Gasteiger partial charge is 0.0794 e. The van der Waals surface area contributed by atoms with E-state index >= 15 is 0 Å². The van der Waals surface area contributed by atoms with Gasteiger partial charge in [0.05, 0.1) is 17.2 Å². The molecule has 2 aromatic rings. The van der Waals surface area contributed by atoms with Crippen molar-refractivity contribution in [1.29, 1.82) is 0 Å². The molecule has 0 spiro atoms. The molecule has 84 valence electrons. The van der Waals surface area contributed by atoms with E-state index in [9.17, 15) is 0 Å². The van der Waals surface area contributed by atoms with Gasteiger partial charge in [-0.1, -0.05) is 0 Å². The van der Waals surface area contributed by atoms with Crippen LogP contribution in [0.1, 0.15) is 16.6 Å². The highest BCUT2D eigenvalue weighted by Gasteiger charge is 2.12. The van der Waals surface area contributed by atoms with E-state index in [0.29, 0.717) is 0 Å². The van der Waals surface area contributed by atoms with Crippen LogP contribution in [0.15, 0.2) is 34.5 Å². The van der Waals surface area contributed by atoms with Gasteiger partial charge in [-0.2, -0.15) is 0 Å². The van der Waals surface area contributed by atoms with Gasteiger partial charge in [0.1, 0.15) is 0 Å². The summed E-state index contributed by atoms with van der Waals surface area (Å²) in [6.07, 6.45) is 4.66. The molecule has 5 heteroatoms. The predicted molar refractivity (Wildman–Crippen MR) is 69.6 cm³/mol. The van der Waals surface area contributed by atoms with E-state index in [1.165, 1.54) is 4.88 Å². The Morgan fingerprint density at radius 2 is 2.31 bits per heavy atom. The van der Waals surface area contributed by atoms with Gasteiger partial charge in [0.2, 0.25) is 0 Å². The zero-order valence-electron chi connectivity index (χ0n) is 8.85. The Bertz CT molecular complexity index is 427. The number of thiazole rings is 1. The van der Waals surface area contributed by atoms with E-state index in [1.54, 1.807) is 11.3 Å². The normalized spacial score (nSPS) is 12.6. The second kappa shape index (κ2) is 5.52. The van der Waals surface area contributed by atoms with Crippen molar-refractivity contribution in [3.8, 4) is 0 Å². The van der Waals surface area contributed by atoms with Gasteiger partial charge in [-0.05, 0) is 35.1 Å². The molecule has 0 bridgehead atoms. The molecular formula is C11H12BrN3S. The number of hydrogen-bond donors (Lipinski definition) is 1. The first-order valence-electron chi connectivity index (χ1n) is 4.95. The average Bonchev–Trinajstić information content (AvgIpc) is 2.80. The van der Waals surface area contributed by atoms with Crippen LogP contribution in [0.5, 0.6) is 0 Å². The Labute approximate surface area is 107 Å². The molecule has 0 radical (unpaired) electrons. The first-order valence-corrected chi connectivity index (χ1v) is 6.63. The van der Waals surface area contributed by atoms with Crippen molar-refractivity contribution in [3.05, 3.63) is 45.1 Å². The van der Waals surface area contributed by atoms with Crippen LogP contribution >= 0.6 is 27.3 Å². The lowest BCUT2D eigenvalue weighted by atomic mass is 10.1. The number of likely N-dealkylation sites (N-methyl/N-ethyl adjacent to an activating group) is 1. The lowest BCUT2D eigenvalue weighted by Crippen LogP contribution is -2.19. The zero-order chi connectivity index (χ0) is 11.4. The molecule has 1 N–H and O–H groups in total. The molecule has 3 nitrogen and oxygen atoms in total. The summed E-state index contributed by atoms with van der Waals surface area (Å²) >= 11 is 5.06. The molecule has 2 rings (SSSR count). The Morgan fingerprint density at radius 1 is 1.44 bits per heavy atom. The number of nitrogens with one attached hydrogen (secondary N) is 1. The minimum atomic E-state index is 0.244. The Morgan fingerprint density at radius 3 is 2.88 bits per heavy atom. The highest BCUT2D eigenvalue weighted by molar-refractivity contribution is 9.10. The van der Waals surface area contributed by atoms with E-state index in [0.717, 1.165) is 16.6 Å². The third kappa shape index (κ3) is 2.87. The number of halogens is 1. The first-order chi connectivity index (χ1) is 7.79. The topological polar surface area (TPSA) is 37.8 Å². The van der Waals surface area contributed by atoms with Crippen LogP contribution in [0.25, 0.3) is 0 Å². The molecule has 2 heterocycles. The fourth-order valence-corrected chi connectivity index (χ4v) is 2.37. The minimum Gasteiger partial charge on any atom is -0.311 e. The van der Waals surface area contributed by atoms with Crippen LogP contribution in [0.3, 0.4) is 0 Å². The van der Waals surface area contributed by atoms with Crippen LogP contribution in [-0.4, -0.2) is 17.0 Å². The van der Waals surface area contributed by atoms with Gasteiger partial charge in [0.15, 0.2) is 0 Å². The predicted octanol–water partition coefficient (Wildman–Crippen LogP) is 2.80. The molecule has 16 heavy (non-hydrogen) atoms. The molecule has 0 aromatic carbocycles. The molecule has 1 unspecified atom stereocenters. The monoisotopic (exact) mass is 297 g/mol. The minimum absolute atomic E-state index is 0.244. The summed E-state index contributed by atoms with van der Waals surface area (Å²) in [5.41, 5.74) is 2.91. The fourth-order valence-electron chi connectivity index (χ4n) is 1.49. The quantitative estimate of drug-likeness (QED) is 0.943. The lowest BCUT2D eigenvalue weighted by molar-refractivity contribution is 0.579. The van der Waals surface area contributed by atoms with Gasteiger partial charge in [-0.15, -0.1) is 11.3 Å². The van der Waals surface area contributed by atoms with E-state index in [-0.39, 0.29) is 6.04 Å². The Balaban J connectivity index is 2.13. The maximum absolute atomic E-state index is 4.40. The molecular weight excluding hydrogens is 286 g/mol. The van der Waals surface area contributed by atoms with Crippen LogP contribution in [0, 0.1) is 0 Å². The molecule has 0 saturated heterocycles. The van der Waals surface area contributed by atoms with Gasteiger partial charge >= 0.3 is 0 Å². The second-order valence-electron chi connectivity index (χ2n) is 3.41. The van der Waals surface area contributed by atoms with Gasteiger partial charge < -0.3 is 5.32 Å². The number of pyridine rings is 1. The summed E-state index contributed by atoms with van der Waals surface area (Å²) in [6, 6.07) is 4.29. The molecule has 0 aliphatic carbocycles. The summed E-state index contributed by atoms with van der Waals surface area (Å²) in [5.74, 6) is 0. The summed E-state index contributed by atoms with van der Waals surface area (Å²) in [7, 11) is 1.95. The van der Waals surface area contributed by atoms with Crippen LogP contribution in [0.4, 0.5) is 0 Å². The molecule has 0 fully saturated rings. The summed E-state index contributed by atoms with van der Waals surface area (Å²) in [5, 5.41) is 3.28. The van der Waals surface area contributed by atoms with Gasteiger partial charge in [-0.25, -0.2) is 0 Å². The summed E-state index contributed by atoms with van der Waals surface area (Å²) in [4.78, 5) is 9.75. The number of nitrogens with zero attached hydrogens (tertiary/aromatic N) is 2. The number of hydrogen-bond acceptors (Lipinski definition) is 4. The Kier molecular flexibility index (Phi) is 4.04. The van der Waals surface area contributed by atoms with Crippen LogP contribution in [0.2, 0.25) is 0 Å². The third-order valence-corrected chi connectivity index (χ3v) is 3.62. The summed E-state index contributed by atoms with van der Waals surface area (Å²) in [6.45, 7) is 0. The Hall–Kier alpha value is -0.780. The van der Waals surface area contributed by atoms with E-state index in [1.807, 2.05) is 37.1 Å². The van der Waals surface area contributed by atoms with Crippen molar-refractivity contribution in [1.82, 2.24) is 15.3 Å². The molecule has 0 saturated carbocycles. The number of rotatable bonds is 4. The average molecular weight is 298 g/mol. The largest absolute Gasteiger partial charge is 0.311 e. The third-order valence-electron chi connectivity index (χ3n) is 2.34. The highest BCUT2D eigenvalue weighted by atomic mass is 79.9. The molecule has 1 atom stereocenters. The standard InChI is InChI=1S/C11H12BrN3S/c1-13-11(4-9-6-14-7-16-9)10-3-2-8(12)5-15-10/h2-3,5-7,11,13H,4H2,1H3. The van der Waals surface area contributed by atoms with E-state index in [4.69, 9.17) is 0 Å². The highest BCUT2D eigenvalue weighted by Crippen LogP contribution is 2.19. The van der Waals surface area contributed by atoms with E-state index < -0.39 is 0 Å². The second-order valence-corrected chi connectivity index (χ2v) is 5.30. The van der Waals surface area contributed by atoms with Crippen molar-refractivity contribution in [2.24, 2.45) is 0 Å². The molecule has 0 amide bonds. The summed E-state index contributed by atoms with van der Waals surface area (Å²) < 4.78 is 1.00. The molecule has 0 aliphatic heterocycles. The molecule has 2 aromatic heterocycles. The molecule has 0 aliphatic rings. The van der Waals surface area contributed by atoms with Crippen molar-refractivity contribution < 1.29 is 0 Å². The van der Waals surface area contributed by atoms with Crippen molar-refractivity contribution in [2.45, 2.75) is 12.5 Å². The maximum atomic E-state index is 4.40. The van der Waals surface area contributed by atoms with Gasteiger partial charge in [0, 0.05) is 28.2 Å². The number of aromatic nitrogens is 2. The zero-order valence-corrected chi connectivity index (χ0v) is 11.3.